The molecule has 1 N–H and O–H groups in total. The third-order valence-electron chi connectivity index (χ3n) is 7.53. The Kier molecular flexibility index (Phi) is 6.48. The van der Waals surface area contributed by atoms with Gasteiger partial charge in [0.15, 0.2) is 0 Å². The Morgan fingerprint density at radius 3 is 2.62 bits per heavy atom. The first-order valence-electron chi connectivity index (χ1n) is 12.6. The van der Waals surface area contributed by atoms with Crippen LogP contribution < -0.4 is 9.47 Å². The lowest BCUT2D eigenvalue weighted by atomic mass is 9.80. The number of nitrogens with zero attached hydrogens (tertiary/aromatic N) is 1. The van der Waals surface area contributed by atoms with Crippen molar-refractivity contribution in [2.75, 3.05) is 37.7 Å². The van der Waals surface area contributed by atoms with E-state index in [9.17, 15) is 5.11 Å². The summed E-state index contributed by atoms with van der Waals surface area (Å²) in [5.74, 6) is 4.50. The van der Waals surface area contributed by atoms with E-state index < -0.39 is 0 Å². The Balaban J connectivity index is 1.25. The molecule has 34 heavy (non-hydrogen) atoms. The summed E-state index contributed by atoms with van der Waals surface area (Å²) in [7, 11) is 0. The van der Waals surface area contributed by atoms with Gasteiger partial charge in [0, 0.05) is 18.2 Å². The van der Waals surface area contributed by atoms with E-state index in [1.54, 1.807) is 12.1 Å². The summed E-state index contributed by atoms with van der Waals surface area (Å²) in [6.07, 6.45) is 7.17. The number of aromatic hydroxyl groups is 1. The highest BCUT2D eigenvalue weighted by Crippen LogP contribution is 2.58. The molecule has 3 aliphatic heterocycles. The minimum Gasteiger partial charge on any atom is -0.508 e. The van der Waals surface area contributed by atoms with Crippen molar-refractivity contribution >= 4 is 29.1 Å². The highest BCUT2D eigenvalue weighted by molar-refractivity contribution is 8.18. The highest BCUT2D eigenvalue weighted by Gasteiger charge is 2.43. The van der Waals surface area contributed by atoms with E-state index in [0.717, 1.165) is 48.6 Å². The van der Waals surface area contributed by atoms with Crippen molar-refractivity contribution in [2.45, 2.75) is 48.7 Å². The van der Waals surface area contributed by atoms with Crippen LogP contribution in [0.15, 0.2) is 48.0 Å². The van der Waals surface area contributed by atoms with Crippen LogP contribution in [0.1, 0.15) is 55.8 Å². The van der Waals surface area contributed by atoms with Gasteiger partial charge in [-0.1, -0.05) is 12.1 Å². The maximum absolute atomic E-state index is 10.1. The number of likely N-dealkylation sites (tertiary alicyclic amines) is 1. The first-order chi connectivity index (χ1) is 16.7. The molecule has 4 aliphatic rings. The van der Waals surface area contributed by atoms with Crippen LogP contribution in [0.5, 0.6) is 17.2 Å². The standard InChI is InChI=1S/C28H33NO3S2/c30-21-6-9-24-23-10-11-28(33-16-3-17-34-28)19-25(23)27(32-26(24)18-21)20-4-7-22(8-5-20)31-15-14-29-12-1-2-13-29/h4-9,18,27,30H,1-3,10-17,19H2. The van der Waals surface area contributed by atoms with Crippen molar-refractivity contribution in [1.29, 1.82) is 0 Å². The van der Waals surface area contributed by atoms with Gasteiger partial charge in [0.25, 0.3) is 0 Å². The fraction of sp³-hybridized carbons (Fsp3) is 0.500. The Bertz CT molecular complexity index is 1060. The van der Waals surface area contributed by atoms with Crippen LogP contribution in [0, 0.1) is 0 Å². The lowest BCUT2D eigenvalue weighted by Gasteiger charge is -2.44. The summed E-state index contributed by atoms with van der Waals surface area (Å²) in [6, 6.07) is 14.1. The molecule has 2 aromatic rings. The van der Waals surface area contributed by atoms with Gasteiger partial charge in [0.1, 0.15) is 30.0 Å². The summed E-state index contributed by atoms with van der Waals surface area (Å²) in [4.78, 5) is 2.48. The zero-order chi connectivity index (χ0) is 23.0. The third-order valence-corrected chi connectivity index (χ3v) is 11.0. The topological polar surface area (TPSA) is 41.9 Å². The smallest absolute Gasteiger partial charge is 0.146 e. The molecule has 2 fully saturated rings. The zero-order valence-electron chi connectivity index (χ0n) is 19.6. The molecule has 6 heteroatoms. The molecule has 180 valence electrons. The monoisotopic (exact) mass is 495 g/mol. The number of benzene rings is 2. The van der Waals surface area contributed by atoms with E-state index in [1.807, 2.05) is 6.07 Å². The third kappa shape index (κ3) is 4.57. The molecule has 2 saturated heterocycles. The van der Waals surface area contributed by atoms with Crippen molar-refractivity contribution in [3.8, 4) is 17.2 Å². The molecule has 1 spiro atoms. The molecule has 0 radical (unpaired) electrons. The lowest BCUT2D eigenvalue weighted by Crippen LogP contribution is -2.33. The predicted octanol–water partition coefficient (Wildman–Crippen LogP) is 6.50. The second-order valence-electron chi connectivity index (χ2n) is 9.79. The second-order valence-corrected chi connectivity index (χ2v) is 13.0. The molecular weight excluding hydrogens is 462 g/mol. The molecule has 0 saturated carbocycles. The summed E-state index contributed by atoms with van der Waals surface area (Å²) >= 11 is 4.31. The summed E-state index contributed by atoms with van der Waals surface area (Å²) in [5, 5.41) is 10.1. The largest absolute Gasteiger partial charge is 0.508 e. The van der Waals surface area contributed by atoms with Crippen LogP contribution in [0.4, 0.5) is 0 Å². The Hall–Kier alpha value is -1.76. The Morgan fingerprint density at radius 1 is 1.03 bits per heavy atom. The number of fused-ring (bicyclic) bond motifs is 2. The number of phenolic OH excluding ortho intramolecular Hbond substituents is 1. The molecule has 4 nitrogen and oxygen atoms in total. The quantitative estimate of drug-likeness (QED) is 0.510. The molecule has 1 unspecified atom stereocenters. The molecule has 2 aromatic carbocycles. The summed E-state index contributed by atoms with van der Waals surface area (Å²) < 4.78 is 12.9. The van der Waals surface area contributed by atoms with Crippen molar-refractivity contribution in [1.82, 2.24) is 4.90 Å². The molecule has 3 heterocycles. The molecule has 1 atom stereocenters. The molecule has 0 amide bonds. The average molecular weight is 496 g/mol. The maximum Gasteiger partial charge on any atom is 0.146 e. The van der Waals surface area contributed by atoms with Gasteiger partial charge in [-0.05, 0) is 104 Å². The Labute approximate surface area is 211 Å². The molecule has 1 aliphatic carbocycles. The normalized spacial score (nSPS) is 23.9. The summed E-state index contributed by atoms with van der Waals surface area (Å²) in [6.45, 7) is 4.14. The molecule has 0 bridgehead atoms. The van der Waals surface area contributed by atoms with Gasteiger partial charge in [0.05, 0.1) is 4.08 Å². The van der Waals surface area contributed by atoms with Crippen LogP contribution in [-0.4, -0.2) is 51.8 Å². The van der Waals surface area contributed by atoms with E-state index in [4.69, 9.17) is 9.47 Å². The zero-order valence-corrected chi connectivity index (χ0v) is 21.3. The van der Waals surface area contributed by atoms with Crippen molar-refractivity contribution in [3.05, 3.63) is 59.2 Å². The fourth-order valence-corrected chi connectivity index (χ4v) is 9.09. The van der Waals surface area contributed by atoms with Gasteiger partial charge in [-0.25, -0.2) is 0 Å². The number of hydrogen-bond acceptors (Lipinski definition) is 6. The van der Waals surface area contributed by atoms with Gasteiger partial charge in [0.2, 0.25) is 0 Å². The average Bonchev–Trinajstić information content (AvgIpc) is 3.38. The van der Waals surface area contributed by atoms with Gasteiger partial charge in [-0.2, -0.15) is 0 Å². The number of ether oxygens (including phenoxy) is 2. The van der Waals surface area contributed by atoms with E-state index in [2.05, 4.69) is 52.7 Å². The predicted molar refractivity (Wildman–Crippen MR) is 142 cm³/mol. The van der Waals surface area contributed by atoms with Gasteiger partial charge >= 0.3 is 0 Å². The molecular formula is C28H33NO3S2. The Morgan fingerprint density at radius 2 is 1.82 bits per heavy atom. The highest BCUT2D eigenvalue weighted by atomic mass is 32.2. The fourth-order valence-electron chi connectivity index (χ4n) is 5.75. The first kappa shape index (κ1) is 22.7. The minimum absolute atomic E-state index is 0.108. The summed E-state index contributed by atoms with van der Waals surface area (Å²) in [5.41, 5.74) is 5.17. The van der Waals surface area contributed by atoms with E-state index in [-0.39, 0.29) is 15.9 Å². The number of hydrogen-bond donors (Lipinski definition) is 1. The molecule has 0 aromatic heterocycles. The van der Waals surface area contributed by atoms with Crippen molar-refractivity contribution in [2.24, 2.45) is 0 Å². The molecule has 6 rings (SSSR count). The second kappa shape index (κ2) is 9.71. The first-order valence-corrected chi connectivity index (χ1v) is 14.6. The van der Waals surface area contributed by atoms with Crippen LogP contribution in [-0.2, 0) is 0 Å². The SMILES string of the molecule is Oc1ccc2c(c1)OC(c1ccc(OCCN3CCCC3)cc1)C1=C2CCC2(C1)SCCCS2. The van der Waals surface area contributed by atoms with E-state index in [0.29, 0.717) is 0 Å². The number of allylic oxidation sites excluding steroid dienone is 1. The minimum atomic E-state index is -0.108. The lowest BCUT2D eigenvalue weighted by molar-refractivity contribution is 0.226. The van der Waals surface area contributed by atoms with Crippen LogP contribution in [0.25, 0.3) is 5.57 Å². The van der Waals surface area contributed by atoms with Crippen LogP contribution in [0.2, 0.25) is 0 Å². The maximum atomic E-state index is 10.1. The van der Waals surface area contributed by atoms with Crippen molar-refractivity contribution < 1.29 is 14.6 Å². The number of rotatable bonds is 5. The van der Waals surface area contributed by atoms with E-state index in [1.165, 1.54) is 61.4 Å². The van der Waals surface area contributed by atoms with Crippen LogP contribution >= 0.6 is 23.5 Å². The van der Waals surface area contributed by atoms with Gasteiger partial charge in [-0.15, -0.1) is 23.5 Å². The van der Waals surface area contributed by atoms with Gasteiger partial charge in [-0.3, -0.25) is 4.90 Å². The number of thioether (sulfide) groups is 2. The van der Waals surface area contributed by atoms with Crippen molar-refractivity contribution in [3.63, 3.8) is 0 Å². The van der Waals surface area contributed by atoms with Crippen LogP contribution in [0.3, 0.4) is 0 Å². The number of phenols is 1. The van der Waals surface area contributed by atoms with Gasteiger partial charge < -0.3 is 14.6 Å². The van der Waals surface area contributed by atoms with E-state index >= 15 is 0 Å².